The van der Waals surface area contributed by atoms with Crippen LogP contribution in [0.2, 0.25) is 10.0 Å². The molecule has 156 valence electrons. The third-order valence-electron chi connectivity index (χ3n) is 4.71. The van der Waals surface area contributed by atoms with Gasteiger partial charge >= 0.3 is 5.97 Å². The standard InChI is InChI=1S/C20H22Cl2N2O4S/c1-11(2)24-7-6-13-16(9-24)29-19(18(13)20(26)27-3)23-17(25)10-28-15-5-4-12(21)8-14(15)22/h4-5,8,11H,6-7,9-10H2,1-3H3,(H,23,25). The first-order valence-electron chi connectivity index (χ1n) is 9.14. The van der Waals surface area contributed by atoms with Gasteiger partial charge in [0.05, 0.1) is 17.7 Å². The second-order valence-electron chi connectivity index (χ2n) is 6.93. The SMILES string of the molecule is COC(=O)c1c(NC(=O)COc2ccc(Cl)cc2Cl)sc2c1CCN(C(C)C)C2. The number of anilines is 1. The molecule has 2 aromatic rings. The van der Waals surface area contributed by atoms with Crippen LogP contribution in [0.15, 0.2) is 18.2 Å². The highest BCUT2D eigenvalue weighted by molar-refractivity contribution is 7.17. The molecule has 0 saturated carbocycles. The summed E-state index contributed by atoms with van der Waals surface area (Å²) in [4.78, 5) is 28.2. The van der Waals surface area contributed by atoms with Gasteiger partial charge in [0.25, 0.3) is 5.91 Å². The number of carbonyl (C=O) groups is 2. The second kappa shape index (κ2) is 9.34. The zero-order valence-electron chi connectivity index (χ0n) is 16.4. The van der Waals surface area contributed by atoms with E-state index < -0.39 is 5.97 Å². The number of hydrogen-bond acceptors (Lipinski definition) is 6. The van der Waals surface area contributed by atoms with Crippen molar-refractivity contribution in [3.8, 4) is 5.75 Å². The molecule has 0 spiro atoms. The van der Waals surface area contributed by atoms with Crippen LogP contribution in [0.25, 0.3) is 0 Å². The minimum absolute atomic E-state index is 0.247. The Hall–Kier alpha value is -1.80. The summed E-state index contributed by atoms with van der Waals surface area (Å²) in [6.45, 7) is 5.64. The monoisotopic (exact) mass is 456 g/mol. The number of methoxy groups -OCH3 is 1. The molecule has 0 fully saturated rings. The Labute approximate surface area is 183 Å². The minimum atomic E-state index is -0.447. The number of benzene rings is 1. The van der Waals surface area contributed by atoms with E-state index in [0.717, 1.165) is 30.0 Å². The van der Waals surface area contributed by atoms with Crippen molar-refractivity contribution in [1.82, 2.24) is 4.90 Å². The number of nitrogens with zero attached hydrogens (tertiary/aromatic N) is 1. The Kier molecular flexibility index (Phi) is 7.05. The van der Waals surface area contributed by atoms with Crippen LogP contribution in [0.1, 0.15) is 34.6 Å². The Balaban J connectivity index is 1.75. The molecular formula is C20H22Cl2N2O4S. The first kappa shape index (κ1) is 21.9. The Morgan fingerprint density at radius 1 is 1.31 bits per heavy atom. The van der Waals surface area contributed by atoms with Gasteiger partial charge in [0.1, 0.15) is 10.8 Å². The van der Waals surface area contributed by atoms with Gasteiger partial charge in [-0.15, -0.1) is 11.3 Å². The number of amides is 1. The van der Waals surface area contributed by atoms with E-state index in [9.17, 15) is 9.59 Å². The van der Waals surface area contributed by atoms with Crippen LogP contribution in [-0.2, 0) is 22.5 Å². The predicted molar refractivity (Wildman–Crippen MR) is 115 cm³/mol. The van der Waals surface area contributed by atoms with Crippen molar-refractivity contribution < 1.29 is 19.1 Å². The van der Waals surface area contributed by atoms with Crippen molar-refractivity contribution >= 4 is 51.4 Å². The van der Waals surface area contributed by atoms with Crippen LogP contribution in [0, 0.1) is 0 Å². The molecule has 3 rings (SSSR count). The highest BCUT2D eigenvalue weighted by Crippen LogP contribution is 2.38. The lowest BCUT2D eigenvalue weighted by atomic mass is 10.0. The number of rotatable bonds is 6. The largest absolute Gasteiger partial charge is 0.482 e. The average Bonchev–Trinajstić information content (AvgIpc) is 3.03. The van der Waals surface area contributed by atoms with Gasteiger partial charge in [-0.3, -0.25) is 9.69 Å². The van der Waals surface area contributed by atoms with Crippen LogP contribution in [0.5, 0.6) is 5.75 Å². The summed E-state index contributed by atoms with van der Waals surface area (Å²) in [5.74, 6) is -0.476. The van der Waals surface area contributed by atoms with Crippen molar-refractivity contribution in [2.45, 2.75) is 32.9 Å². The molecule has 29 heavy (non-hydrogen) atoms. The first-order valence-corrected chi connectivity index (χ1v) is 10.7. The van der Waals surface area contributed by atoms with Crippen molar-refractivity contribution in [3.63, 3.8) is 0 Å². The average molecular weight is 457 g/mol. The van der Waals surface area contributed by atoms with E-state index in [1.54, 1.807) is 18.2 Å². The highest BCUT2D eigenvalue weighted by atomic mass is 35.5. The van der Waals surface area contributed by atoms with Crippen LogP contribution in [0.3, 0.4) is 0 Å². The summed E-state index contributed by atoms with van der Waals surface area (Å²) < 4.78 is 10.4. The fraction of sp³-hybridized carbons (Fsp3) is 0.400. The van der Waals surface area contributed by atoms with E-state index >= 15 is 0 Å². The van der Waals surface area contributed by atoms with E-state index in [-0.39, 0.29) is 12.5 Å². The van der Waals surface area contributed by atoms with Crippen molar-refractivity contribution in [1.29, 1.82) is 0 Å². The topological polar surface area (TPSA) is 67.9 Å². The van der Waals surface area contributed by atoms with Gasteiger partial charge in [-0.25, -0.2) is 4.79 Å². The summed E-state index contributed by atoms with van der Waals surface area (Å²) in [5, 5.41) is 4.08. The number of ether oxygens (including phenoxy) is 2. The molecule has 9 heteroatoms. The quantitative estimate of drug-likeness (QED) is 0.641. The lowest BCUT2D eigenvalue weighted by Crippen LogP contribution is -2.35. The summed E-state index contributed by atoms with van der Waals surface area (Å²) >= 11 is 13.3. The molecule has 0 unspecified atom stereocenters. The van der Waals surface area contributed by atoms with Gasteiger partial charge in [0, 0.05) is 29.0 Å². The third kappa shape index (κ3) is 5.04. The normalized spacial score (nSPS) is 13.9. The number of thiophene rings is 1. The molecule has 0 bridgehead atoms. The van der Waals surface area contributed by atoms with E-state index in [1.807, 2.05) is 0 Å². The maximum Gasteiger partial charge on any atom is 0.341 e. The van der Waals surface area contributed by atoms with Gasteiger partial charge in [-0.1, -0.05) is 23.2 Å². The molecule has 1 aromatic heterocycles. The lowest BCUT2D eigenvalue weighted by molar-refractivity contribution is -0.118. The van der Waals surface area contributed by atoms with Gasteiger partial charge in [0.15, 0.2) is 6.61 Å². The number of nitrogens with one attached hydrogen (secondary N) is 1. The molecule has 1 aromatic carbocycles. The molecule has 1 aliphatic heterocycles. The zero-order chi connectivity index (χ0) is 21.1. The van der Waals surface area contributed by atoms with E-state index in [1.165, 1.54) is 18.4 Å². The number of carbonyl (C=O) groups excluding carboxylic acids is 2. The first-order chi connectivity index (χ1) is 13.8. The van der Waals surface area contributed by atoms with Crippen molar-refractivity contribution in [2.75, 3.05) is 25.6 Å². The van der Waals surface area contributed by atoms with Gasteiger partial charge in [-0.2, -0.15) is 0 Å². The molecule has 6 nitrogen and oxygen atoms in total. The lowest BCUT2D eigenvalue weighted by Gasteiger charge is -2.30. The van der Waals surface area contributed by atoms with Crippen LogP contribution >= 0.6 is 34.5 Å². The van der Waals surface area contributed by atoms with Crippen molar-refractivity contribution in [2.24, 2.45) is 0 Å². The molecule has 1 N–H and O–H groups in total. The third-order valence-corrected chi connectivity index (χ3v) is 6.37. The Morgan fingerprint density at radius 3 is 2.72 bits per heavy atom. The molecule has 0 atom stereocenters. The van der Waals surface area contributed by atoms with Crippen molar-refractivity contribution in [3.05, 3.63) is 44.2 Å². The van der Waals surface area contributed by atoms with Crippen LogP contribution in [-0.4, -0.2) is 43.1 Å². The van der Waals surface area contributed by atoms with E-state index in [4.69, 9.17) is 32.7 Å². The fourth-order valence-corrected chi connectivity index (χ4v) is 4.91. The van der Waals surface area contributed by atoms with Crippen LogP contribution in [0.4, 0.5) is 5.00 Å². The predicted octanol–water partition coefficient (Wildman–Crippen LogP) is 4.63. The molecular weight excluding hydrogens is 435 g/mol. The van der Waals surface area contributed by atoms with Crippen LogP contribution < -0.4 is 10.1 Å². The van der Waals surface area contributed by atoms with Gasteiger partial charge in [0.2, 0.25) is 0 Å². The number of halogens is 2. The van der Waals surface area contributed by atoms with E-state index in [0.29, 0.717) is 32.4 Å². The summed E-state index contributed by atoms with van der Waals surface area (Å²) in [7, 11) is 1.34. The number of fused-ring (bicyclic) bond motifs is 1. The zero-order valence-corrected chi connectivity index (χ0v) is 18.7. The summed E-state index contributed by atoms with van der Waals surface area (Å²) in [6, 6.07) is 5.17. The molecule has 0 saturated heterocycles. The second-order valence-corrected chi connectivity index (χ2v) is 8.87. The smallest absolute Gasteiger partial charge is 0.341 e. The molecule has 0 radical (unpaired) electrons. The molecule has 0 aliphatic carbocycles. The maximum absolute atomic E-state index is 12.5. The number of hydrogen-bond donors (Lipinski definition) is 1. The molecule has 1 amide bonds. The van der Waals surface area contributed by atoms with Gasteiger partial charge in [-0.05, 0) is 44.0 Å². The molecule has 1 aliphatic rings. The molecule has 2 heterocycles. The number of esters is 1. The van der Waals surface area contributed by atoms with Gasteiger partial charge < -0.3 is 14.8 Å². The Morgan fingerprint density at radius 2 is 2.07 bits per heavy atom. The summed E-state index contributed by atoms with van der Waals surface area (Å²) in [5.41, 5.74) is 1.39. The minimum Gasteiger partial charge on any atom is -0.482 e. The summed E-state index contributed by atoms with van der Waals surface area (Å²) in [6.07, 6.45) is 0.737. The Bertz CT molecular complexity index is 929. The maximum atomic E-state index is 12.5. The highest BCUT2D eigenvalue weighted by Gasteiger charge is 2.30. The fourth-order valence-electron chi connectivity index (χ4n) is 3.17. The van der Waals surface area contributed by atoms with E-state index in [2.05, 4.69) is 24.1 Å².